The monoisotopic (exact) mass is 399 g/mol. The molecule has 1 atom stereocenters. The first-order chi connectivity index (χ1) is 9.20. The average molecular weight is 401 g/mol. The largest absolute Gasteiger partial charge is 0.364 e. The molecule has 0 amide bonds. The third-order valence-corrected chi connectivity index (χ3v) is 5.87. The molecule has 4 heteroatoms. The zero-order valence-corrected chi connectivity index (χ0v) is 14.7. The van der Waals surface area contributed by atoms with Gasteiger partial charge in [0.1, 0.15) is 0 Å². The smallest absolute Gasteiger partial charge is 0.0525 e. The molecule has 19 heavy (non-hydrogen) atoms. The molecule has 0 aliphatic carbocycles. The fourth-order valence-corrected chi connectivity index (χ4v) is 4.60. The number of nitrogens with zero attached hydrogens (tertiary/aromatic N) is 1. The lowest BCUT2D eigenvalue weighted by Crippen LogP contribution is -2.33. The molecule has 100 valence electrons. The van der Waals surface area contributed by atoms with Crippen LogP contribution < -0.4 is 4.90 Å². The van der Waals surface area contributed by atoms with Gasteiger partial charge in [-0.15, -0.1) is 11.3 Å². The van der Waals surface area contributed by atoms with Crippen molar-refractivity contribution in [2.45, 2.75) is 24.7 Å². The van der Waals surface area contributed by atoms with Crippen LogP contribution in [0.3, 0.4) is 0 Å². The topological polar surface area (TPSA) is 3.24 Å². The zero-order chi connectivity index (χ0) is 13.4. The van der Waals surface area contributed by atoms with Crippen molar-refractivity contribution in [3.8, 4) is 0 Å². The van der Waals surface area contributed by atoms with Crippen molar-refractivity contribution < 1.29 is 0 Å². The van der Waals surface area contributed by atoms with Crippen molar-refractivity contribution in [2.24, 2.45) is 0 Å². The van der Waals surface area contributed by atoms with E-state index in [4.69, 9.17) is 0 Å². The zero-order valence-electron chi connectivity index (χ0n) is 10.7. The van der Waals surface area contributed by atoms with E-state index in [0.29, 0.717) is 6.04 Å². The van der Waals surface area contributed by atoms with Gasteiger partial charge in [0, 0.05) is 26.9 Å². The lowest BCUT2D eigenvalue weighted by molar-refractivity contribution is 0.631. The molecule has 0 N–H and O–H groups in total. The Bertz CT molecular complexity index is 594. The normalized spacial score (nSPS) is 18.5. The summed E-state index contributed by atoms with van der Waals surface area (Å²) < 4.78 is 1.14. The SMILES string of the molecule is CC1c2ccsc2CCN1c1ccc(Br)cc1CBr. The van der Waals surface area contributed by atoms with Gasteiger partial charge >= 0.3 is 0 Å². The van der Waals surface area contributed by atoms with Crippen LogP contribution in [0.4, 0.5) is 5.69 Å². The van der Waals surface area contributed by atoms with Crippen LogP contribution in [-0.2, 0) is 11.8 Å². The van der Waals surface area contributed by atoms with Gasteiger partial charge in [0.05, 0.1) is 6.04 Å². The highest BCUT2D eigenvalue weighted by molar-refractivity contribution is 9.10. The van der Waals surface area contributed by atoms with Gasteiger partial charge in [0.15, 0.2) is 0 Å². The van der Waals surface area contributed by atoms with Crippen LogP contribution in [0.5, 0.6) is 0 Å². The van der Waals surface area contributed by atoms with E-state index in [-0.39, 0.29) is 0 Å². The maximum absolute atomic E-state index is 3.61. The highest BCUT2D eigenvalue weighted by atomic mass is 79.9. The van der Waals surface area contributed by atoms with Crippen molar-refractivity contribution in [2.75, 3.05) is 11.4 Å². The van der Waals surface area contributed by atoms with Crippen molar-refractivity contribution in [1.82, 2.24) is 0 Å². The number of anilines is 1. The molecule has 1 nitrogen and oxygen atoms in total. The van der Waals surface area contributed by atoms with Crippen LogP contribution in [0.1, 0.15) is 29.0 Å². The maximum Gasteiger partial charge on any atom is 0.0525 e. The molecule has 0 spiro atoms. The molecule has 0 saturated carbocycles. The van der Waals surface area contributed by atoms with Crippen molar-refractivity contribution >= 4 is 48.9 Å². The first kappa shape index (κ1) is 13.7. The van der Waals surface area contributed by atoms with Crippen molar-refractivity contribution in [1.29, 1.82) is 0 Å². The number of alkyl halides is 1. The Balaban J connectivity index is 2.00. The van der Waals surface area contributed by atoms with E-state index in [2.05, 4.69) is 73.3 Å². The van der Waals surface area contributed by atoms with Crippen molar-refractivity contribution in [3.05, 3.63) is 50.1 Å². The highest BCUT2D eigenvalue weighted by Gasteiger charge is 2.26. The Morgan fingerprint density at radius 1 is 1.37 bits per heavy atom. The Hall–Kier alpha value is -0.320. The van der Waals surface area contributed by atoms with Crippen LogP contribution in [0.25, 0.3) is 0 Å². The predicted octanol–water partition coefficient (Wildman–Crippen LogP) is 5.53. The van der Waals surface area contributed by atoms with Gasteiger partial charge in [-0.2, -0.15) is 0 Å². The molecule has 3 rings (SSSR count). The second-order valence-electron chi connectivity index (χ2n) is 4.83. The number of benzene rings is 1. The second kappa shape index (κ2) is 5.58. The molecule has 0 fully saturated rings. The van der Waals surface area contributed by atoms with E-state index in [1.54, 1.807) is 4.88 Å². The van der Waals surface area contributed by atoms with Crippen LogP contribution in [-0.4, -0.2) is 6.54 Å². The van der Waals surface area contributed by atoms with Gasteiger partial charge in [-0.3, -0.25) is 0 Å². The summed E-state index contributed by atoms with van der Waals surface area (Å²) in [6, 6.07) is 9.32. The minimum absolute atomic E-state index is 0.467. The number of hydrogen-bond acceptors (Lipinski definition) is 2. The van der Waals surface area contributed by atoms with Crippen LogP contribution >= 0.6 is 43.2 Å². The number of thiophene rings is 1. The fraction of sp³-hybridized carbons (Fsp3) is 0.333. The molecule has 0 saturated heterocycles. The fourth-order valence-electron chi connectivity index (χ4n) is 2.78. The molecule has 0 radical (unpaired) electrons. The minimum atomic E-state index is 0.467. The second-order valence-corrected chi connectivity index (χ2v) is 7.30. The molecule has 0 bridgehead atoms. The Morgan fingerprint density at radius 3 is 3.00 bits per heavy atom. The number of rotatable bonds is 2. The van der Waals surface area contributed by atoms with E-state index in [1.165, 1.54) is 16.8 Å². The quantitative estimate of drug-likeness (QED) is 0.599. The third-order valence-electron chi connectivity index (χ3n) is 3.77. The van der Waals surface area contributed by atoms with Gasteiger partial charge in [-0.25, -0.2) is 0 Å². The van der Waals surface area contributed by atoms with E-state index >= 15 is 0 Å². The average Bonchev–Trinajstić information content (AvgIpc) is 2.89. The van der Waals surface area contributed by atoms with E-state index in [0.717, 1.165) is 22.8 Å². The number of hydrogen-bond donors (Lipinski definition) is 0. The summed E-state index contributed by atoms with van der Waals surface area (Å²) in [5, 5.41) is 3.11. The molecule has 1 aromatic carbocycles. The molecular weight excluding hydrogens is 386 g/mol. The summed E-state index contributed by atoms with van der Waals surface area (Å²) >= 11 is 9.06. The van der Waals surface area contributed by atoms with Crippen LogP contribution in [0.15, 0.2) is 34.1 Å². The van der Waals surface area contributed by atoms with E-state index in [1.807, 2.05) is 11.3 Å². The predicted molar refractivity (Wildman–Crippen MR) is 90.6 cm³/mol. The molecule has 1 unspecified atom stereocenters. The summed E-state index contributed by atoms with van der Waals surface area (Å²) in [6.07, 6.45) is 1.16. The molecule has 1 aromatic heterocycles. The summed E-state index contributed by atoms with van der Waals surface area (Å²) in [5.41, 5.74) is 4.20. The number of halogens is 2. The number of fused-ring (bicyclic) bond motifs is 1. The van der Waals surface area contributed by atoms with Gasteiger partial charge in [0.25, 0.3) is 0 Å². The standard InChI is InChI=1S/C15H15Br2NS/c1-10-13-5-7-19-15(13)4-6-18(10)14-3-2-12(17)8-11(14)9-16/h2-3,5,7-8,10H,4,6,9H2,1H3. The molecule has 2 heterocycles. The van der Waals surface area contributed by atoms with Gasteiger partial charge in [-0.05, 0) is 54.1 Å². The van der Waals surface area contributed by atoms with Crippen molar-refractivity contribution in [3.63, 3.8) is 0 Å². The van der Waals surface area contributed by atoms with E-state index < -0.39 is 0 Å². The summed E-state index contributed by atoms with van der Waals surface area (Å²) in [5.74, 6) is 0. The van der Waals surface area contributed by atoms with Gasteiger partial charge in [-0.1, -0.05) is 31.9 Å². The highest BCUT2D eigenvalue weighted by Crippen LogP contribution is 2.38. The van der Waals surface area contributed by atoms with Gasteiger partial charge in [0.2, 0.25) is 0 Å². The Labute approximate surface area is 134 Å². The Kier molecular flexibility index (Phi) is 4.01. The molecular formula is C15H15Br2NS. The molecule has 1 aliphatic heterocycles. The van der Waals surface area contributed by atoms with Crippen LogP contribution in [0.2, 0.25) is 0 Å². The van der Waals surface area contributed by atoms with E-state index in [9.17, 15) is 0 Å². The lowest BCUT2D eigenvalue weighted by Gasteiger charge is -2.36. The van der Waals surface area contributed by atoms with Crippen LogP contribution in [0, 0.1) is 0 Å². The third kappa shape index (κ3) is 2.50. The summed E-state index contributed by atoms with van der Waals surface area (Å²) in [4.78, 5) is 4.08. The Morgan fingerprint density at radius 2 is 2.21 bits per heavy atom. The maximum atomic E-state index is 3.61. The first-order valence-corrected chi connectivity index (χ1v) is 9.17. The minimum Gasteiger partial charge on any atom is -0.364 e. The summed E-state index contributed by atoms with van der Waals surface area (Å²) in [7, 11) is 0. The summed E-state index contributed by atoms with van der Waals surface area (Å²) in [6.45, 7) is 3.42. The molecule has 2 aromatic rings. The van der Waals surface area contributed by atoms with Gasteiger partial charge < -0.3 is 4.90 Å². The lowest BCUT2D eigenvalue weighted by atomic mass is 9.99. The first-order valence-electron chi connectivity index (χ1n) is 6.38. The molecule has 1 aliphatic rings.